The Morgan fingerprint density at radius 3 is 2.16 bits per heavy atom. The predicted octanol–water partition coefficient (Wildman–Crippen LogP) is 2.67. The monoisotopic (exact) mass is 352 g/mol. The lowest BCUT2D eigenvalue weighted by molar-refractivity contribution is -0.137. The molecule has 0 heterocycles. The maximum absolute atomic E-state index is 12.6. The van der Waals surface area contributed by atoms with Gasteiger partial charge in [-0.3, -0.25) is 4.79 Å². The van der Waals surface area contributed by atoms with Crippen LogP contribution >= 0.6 is 0 Å². The van der Waals surface area contributed by atoms with Crippen molar-refractivity contribution in [2.75, 3.05) is 13.2 Å². The number of hydrogen-bond donors (Lipinski definition) is 3. The third-order valence-electron chi connectivity index (χ3n) is 3.87. The fraction of sp³-hybridized carbons (Fsp3) is 0.278. The lowest BCUT2D eigenvalue weighted by Gasteiger charge is -2.17. The van der Waals surface area contributed by atoms with Crippen LogP contribution in [-0.4, -0.2) is 24.2 Å². The summed E-state index contributed by atoms with van der Waals surface area (Å²) in [6.45, 7) is 0.286. The molecule has 0 saturated carbocycles. The molecular formula is C18H19F3N2O2. The molecule has 1 amide bonds. The second-order valence-corrected chi connectivity index (χ2v) is 5.62. The maximum Gasteiger partial charge on any atom is 0.416 e. The van der Waals surface area contributed by atoms with Crippen LogP contribution < -0.4 is 11.1 Å². The van der Waals surface area contributed by atoms with Gasteiger partial charge in [-0.1, -0.05) is 24.3 Å². The van der Waals surface area contributed by atoms with Crippen molar-refractivity contribution in [2.24, 2.45) is 5.73 Å². The van der Waals surface area contributed by atoms with E-state index in [0.29, 0.717) is 24.1 Å². The number of hydrogen-bond acceptors (Lipinski definition) is 3. The second kappa shape index (κ2) is 8.13. The smallest absolute Gasteiger partial charge is 0.394 e. The molecule has 1 atom stereocenters. The van der Waals surface area contributed by atoms with E-state index in [2.05, 4.69) is 5.32 Å². The molecular weight excluding hydrogens is 333 g/mol. The van der Waals surface area contributed by atoms with Crippen LogP contribution in [0.25, 0.3) is 0 Å². The van der Waals surface area contributed by atoms with E-state index in [0.717, 1.165) is 17.7 Å². The largest absolute Gasteiger partial charge is 0.416 e. The summed E-state index contributed by atoms with van der Waals surface area (Å²) in [5.41, 5.74) is 6.44. The molecule has 0 aliphatic carbocycles. The van der Waals surface area contributed by atoms with Crippen molar-refractivity contribution in [1.82, 2.24) is 5.32 Å². The average Bonchev–Trinajstić information content (AvgIpc) is 2.58. The number of carbonyl (C=O) groups is 1. The summed E-state index contributed by atoms with van der Waals surface area (Å²) in [6, 6.07) is 11.1. The van der Waals surface area contributed by atoms with E-state index in [4.69, 9.17) is 5.73 Å². The fourth-order valence-electron chi connectivity index (χ4n) is 2.42. The van der Waals surface area contributed by atoms with Crippen LogP contribution in [0.15, 0.2) is 48.5 Å². The Labute approximate surface area is 143 Å². The van der Waals surface area contributed by atoms with Gasteiger partial charge in [0, 0.05) is 5.56 Å². The highest BCUT2D eigenvalue weighted by molar-refractivity contribution is 5.92. The average molecular weight is 352 g/mol. The summed E-state index contributed by atoms with van der Waals surface area (Å²) in [7, 11) is 0. The minimum Gasteiger partial charge on any atom is -0.394 e. The highest BCUT2D eigenvalue weighted by Gasteiger charge is 2.30. The molecule has 0 bridgehead atoms. The van der Waals surface area contributed by atoms with Crippen LogP contribution in [0.1, 0.15) is 33.1 Å². The van der Waals surface area contributed by atoms with Crippen LogP contribution in [0.5, 0.6) is 0 Å². The summed E-state index contributed by atoms with van der Waals surface area (Å²) in [5.74, 6) is -0.493. The van der Waals surface area contributed by atoms with Crippen molar-refractivity contribution in [3.8, 4) is 0 Å². The molecule has 2 aromatic rings. The lowest BCUT2D eigenvalue weighted by atomic mass is 10.0. The molecule has 0 spiro atoms. The van der Waals surface area contributed by atoms with E-state index >= 15 is 0 Å². The van der Waals surface area contributed by atoms with Crippen LogP contribution in [0.3, 0.4) is 0 Å². The zero-order chi connectivity index (χ0) is 18.4. The molecule has 4 N–H and O–H groups in total. The van der Waals surface area contributed by atoms with E-state index < -0.39 is 23.7 Å². The highest BCUT2D eigenvalue weighted by Crippen LogP contribution is 2.29. The number of nitrogens with two attached hydrogens (primary N) is 1. The number of amides is 1. The highest BCUT2D eigenvalue weighted by atomic mass is 19.4. The van der Waals surface area contributed by atoms with Gasteiger partial charge in [-0.05, 0) is 48.4 Å². The number of primary amides is 1. The van der Waals surface area contributed by atoms with Gasteiger partial charge in [-0.15, -0.1) is 0 Å². The maximum atomic E-state index is 12.6. The Morgan fingerprint density at radius 1 is 1.08 bits per heavy atom. The fourth-order valence-corrected chi connectivity index (χ4v) is 2.42. The van der Waals surface area contributed by atoms with E-state index in [-0.39, 0.29) is 6.61 Å². The molecule has 0 aromatic heterocycles. The minimum absolute atomic E-state index is 0.230. The van der Waals surface area contributed by atoms with Gasteiger partial charge in [0.2, 0.25) is 5.91 Å². The van der Waals surface area contributed by atoms with E-state index in [1.807, 2.05) is 0 Å². The zero-order valence-electron chi connectivity index (χ0n) is 13.4. The van der Waals surface area contributed by atoms with E-state index in [9.17, 15) is 23.1 Å². The molecule has 25 heavy (non-hydrogen) atoms. The van der Waals surface area contributed by atoms with Crippen LogP contribution in [-0.2, 0) is 12.6 Å². The molecule has 2 aromatic carbocycles. The Morgan fingerprint density at radius 2 is 1.68 bits per heavy atom. The lowest BCUT2D eigenvalue weighted by Crippen LogP contribution is -2.26. The minimum atomic E-state index is -4.38. The molecule has 0 aliphatic rings. The van der Waals surface area contributed by atoms with Crippen LogP contribution in [0, 0.1) is 0 Å². The van der Waals surface area contributed by atoms with Gasteiger partial charge in [0.1, 0.15) is 0 Å². The number of halogens is 3. The van der Waals surface area contributed by atoms with Gasteiger partial charge < -0.3 is 16.2 Å². The number of benzene rings is 2. The molecule has 134 valence electrons. The number of aliphatic hydroxyl groups is 1. The van der Waals surface area contributed by atoms with E-state index in [1.54, 1.807) is 24.3 Å². The summed E-state index contributed by atoms with van der Waals surface area (Å²) in [5, 5.41) is 12.6. The van der Waals surface area contributed by atoms with Crippen molar-refractivity contribution in [2.45, 2.75) is 18.6 Å². The van der Waals surface area contributed by atoms with Crippen molar-refractivity contribution in [3.63, 3.8) is 0 Å². The molecule has 4 nitrogen and oxygen atoms in total. The van der Waals surface area contributed by atoms with Crippen molar-refractivity contribution < 1.29 is 23.1 Å². The van der Waals surface area contributed by atoms with Crippen molar-refractivity contribution in [3.05, 3.63) is 70.8 Å². The Bertz CT molecular complexity index is 698. The Kier molecular flexibility index (Phi) is 6.17. The third kappa shape index (κ3) is 5.30. The SMILES string of the molecule is NC(=O)c1ccc(CCNC(CO)c2ccc(C(F)(F)F)cc2)cc1. The summed E-state index contributed by atoms with van der Waals surface area (Å²) < 4.78 is 37.7. The van der Waals surface area contributed by atoms with Gasteiger partial charge in [-0.25, -0.2) is 0 Å². The number of rotatable bonds is 7. The normalized spacial score (nSPS) is 12.8. The first-order chi connectivity index (χ1) is 11.8. The summed E-state index contributed by atoms with van der Waals surface area (Å²) in [6.07, 6.45) is -3.74. The number of carbonyl (C=O) groups excluding carboxylic acids is 1. The molecule has 0 aliphatic heterocycles. The second-order valence-electron chi connectivity index (χ2n) is 5.62. The predicted molar refractivity (Wildman–Crippen MR) is 87.9 cm³/mol. The first-order valence-corrected chi connectivity index (χ1v) is 7.71. The number of aliphatic hydroxyl groups excluding tert-OH is 1. The van der Waals surface area contributed by atoms with E-state index in [1.165, 1.54) is 12.1 Å². The first kappa shape index (κ1) is 19.0. The van der Waals surface area contributed by atoms with Gasteiger partial charge in [-0.2, -0.15) is 13.2 Å². The topological polar surface area (TPSA) is 75.4 Å². The molecule has 0 radical (unpaired) electrons. The summed E-state index contributed by atoms with van der Waals surface area (Å²) >= 11 is 0. The van der Waals surface area contributed by atoms with Crippen LogP contribution in [0.2, 0.25) is 0 Å². The Hall–Kier alpha value is -2.38. The van der Waals surface area contributed by atoms with Gasteiger partial charge in [0.05, 0.1) is 18.2 Å². The molecule has 2 rings (SSSR count). The van der Waals surface area contributed by atoms with Gasteiger partial charge in [0.25, 0.3) is 0 Å². The van der Waals surface area contributed by atoms with Gasteiger partial charge >= 0.3 is 6.18 Å². The van der Waals surface area contributed by atoms with Crippen LogP contribution in [0.4, 0.5) is 13.2 Å². The third-order valence-corrected chi connectivity index (χ3v) is 3.87. The van der Waals surface area contributed by atoms with Crippen molar-refractivity contribution >= 4 is 5.91 Å². The molecule has 0 fully saturated rings. The van der Waals surface area contributed by atoms with Crippen molar-refractivity contribution in [1.29, 1.82) is 0 Å². The van der Waals surface area contributed by atoms with Gasteiger partial charge in [0.15, 0.2) is 0 Å². The standard InChI is InChI=1S/C18H19F3N2O2/c19-18(20,21)15-7-5-13(6-8-15)16(11-24)23-10-9-12-1-3-14(4-2-12)17(22)25/h1-8,16,23-24H,9-11H2,(H2,22,25). The number of nitrogens with one attached hydrogen (secondary N) is 1. The Balaban J connectivity index is 1.92. The quantitative estimate of drug-likeness (QED) is 0.717. The zero-order valence-corrected chi connectivity index (χ0v) is 13.4. The number of alkyl halides is 3. The molecule has 1 unspecified atom stereocenters. The molecule has 0 saturated heterocycles. The molecule has 7 heteroatoms. The first-order valence-electron chi connectivity index (χ1n) is 7.71. The summed E-state index contributed by atoms with van der Waals surface area (Å²) in [4.78, 5) is 11.0.